The normalized spacial score (nSPS) is 13.0. The number of halogens is 3. The molecule has 0 spiro atoms. The third kappa shape index (κ3) is 3.95. The van der Waals surface area contributed by atoms with Crippen molar-refractivity contribution in [3.05, 3.63) is 35.4 Å². The summed E-state index contributed by atoms with van der Waals surface area (Å²) in [6.07, 6.45) is -4.42. The molecule has 0 fully saturated rings. The maximum Gasteiger partial charge on any atom is 0.416 e. The van der Waals surface area contributed by atoms with Gasteiger partial charge in [-0.2, -0.15) is 21.6 Å². The smallest absolute Gasteiger partial charge is 0.243 e. The SMILES string of the molecule is CNN(Cc1ccc(C(F)(F)F)cc1)S(N)(=O)=O. The van der Waals surface area contributed by atoms with Gasteiger partial charge < -0.3 is 0 Å². The summed E-state index contributed by atoms with van der Waals surface area (Å²) in [5.74, 6) is 0. The first-order chi connectivity index (χ1) is 8.14. The van der Waals surface area contributed by atoms with E-state index in [0.717, 1.165) is 16.5 Å². The van der Waals surface area contributed by atoms with E-state index < -0.39 is 21.9 Å². The monoisotopic (exact) mass is 283 g/mol. The third-order valence-electron chi connectivity index (χ3n) is 2.16. The van der Waals surface area contributed by atoms with Gasteiger partial charge in [0.05, 0.1) is 12.1 Å². The Kier molecular flexibility index (Phi) is 4.32. The zero-order valence-electron chi connectivity index (χ0n) is 9.40. The number of nitrogens with one attached hydrogen (secondary N) is 1. The molecule has 0 aliphatic heterocycles. The Labute approximate surface area is 103 Å². The van der Waals surface area contributed by atoms with Gasteiger partial charge in [0.25, 0.3) is 10.2 Å². The average Bonchev–Trinajstić information content (AvgIpc) is 2.23. The maximum atomic E-state index is 12.3. The lowest BCUT2D eigenvalue weighted by atomic mass is 10.1. The van der Waals surface area contributed by atoms with Crippen molar-refractivity contribution in [2.45, 2.75) is 12.7 Å². The van der Waals surface area contributed by atoms with Crippen LogP contribution in [-0.4, -0.2) is 19.9 Å². The fraction of sp³-hybridized carbons (Fsp3) is 0.333. The number of rotatable bonds is 4. The number of nitrogens with two attached hydrogens (primary N) is 1. The van der Waals surface area contributed by atoms with Crippen LogP contribution in [0.1, 0.15) is 11.1 Å². The third-order valence-corrected chi connectivity index (χ3v) is 3.09. The number of hydrogen-bond donors (Lipinski definition) is 2. The average molecular weight is 283 g/mol. The van der Waals surface area contributed by atoms with Crippen molar-refractivity contribution >= 4 is 10.2 Å². The Hall–Kier alpha value is -1.16. The Balaban J connectivity index is 2.87. The molecule has 0 unspecified atom stereocenters. The van der Waals surface area contributed by atoms with Gasteiger partial charge >= 0.3 is 6.18 Å². The minimum absolute atomic E-state index is 0.159. The molecule has 1 aromatic carbocycles. The molecule has 0 amide bonds. The van der Waals surface area contributed by atoms with E-state index in [-0.39, 0.29) is 6.54 Å². The van der Waals surface area contributed by atoms with E-state index in [4.69, 9.17) is 5.14 Å². The number of hydrogen-bond acceptors (Lipinski definition) is 3. The number of benzene rings is 1. The Bertz CT molecular complexity index is 499. The van der Waals surface area contributed by atoms with Crippen molar-refractivity contribution in [1.29, 1.82) is 0 Å². The Morgan fingerprint density at radius 1 is 1.28 bits per heavy atom. The highest BCUT2D eigenvalue weighted by Crippen LogP contribution is 2.29. The van der Waals surface area contributed by atoms with Crippen molar-refractivity contribution in [3.63, 3.8) is 0 Å². The first-order valence-electron chi connectivity index (χ1n) is 4.78. The molecule has 0 aliphatic carbocycles. The predicted octanol–water partition coefficient (Wildman–Crippen LogP) is 0.845. The molecule has 3 N–H and O–H groups in total. The summed E-state index contributed by atoms with van der Waals surface area (Å²) in [5, 5.41) is 4.89. The van der Waals surface area contributed by atoms with Crippen LogP contribution in [0.2, 0.25) is 0 Å². The Morgan fingerprint density at radius 2 is 1.78 bits per heavy atom. The molecule has 0 saturated carbocycles. The number of nitrogens with zero attached hydrogens (tertiary/aromatic N) is 1. The van der Waals surface area contributed by atoms with Crippen LogP contribution < -0.4 is 10.6 Å². The zero-order chi connectivity index (χ0) is 14.0. The van der Waals surface area contributed by atoms with E-state index in [1.54, 1.807) is 0 Å². The van der Waals surface area contributed by atoms with E-state index in [9.17, 15) is 21.6 Å². The van der Waals surface area contributed by atoms with Crippen LogP contribution in [-0.2, 0) is 22.9 Å². The largest absolute Gasteiger partial charge is 0.416 e. The maximum absolute atomic E-state index is 12.3. The molecule has 0 radical (unpaired) electrons. The standard InChI is InChI=1S/C9H12F3N3O2S/c1-14-15(18(13,16)17)6-7-2-4-8(5-3-7)9(10,11)12/h2-5,14H,6H2,1H3,(H2,13,16,17). The highest BCUT2D eigenvalue weighted by Gasteiger charge is 2.30. The quantitative estimate of drug-likeness (QED) is 0.804. The van der Waals surface area contributed by atoms with E-state index in [2.05, 4.69) is 5.43 Å². The van der Waals surface area contributed by atoms with Gasteiger partial charge in [-0.15, -0.1) is 4.41 Å². The molecular weight excluding hydrogens is 271 g/mol. The first kappa shape index (κ1) is 14.9. The van der Waals surface area contributed by atoms with Gasteiger partial charge in [0.1, 0.15) is 0 Å². The fourth-order valence-electron chi connectivity index (χ4n) is 1.26. The van der Waals surface area contributed by atoms with Crippen LogP contribution in [0.15, 0.2) is 24.3 Å². The molecular formula is C9H12F3N3O2S. The summed E-state index contributed by atoms with van der Waals surface area (Å²) in [5.41, 5.74) is 1.92. The minimum atomic E-state index is -4.42. The van der Waals surface area contributed by atoms with Crippen molar-refractivity contribution < 1.29 is 21.6 Å². The minimum Gasteiger partial charge on any atom is -0.243 e. The molecule has 0 saturated heterocycles. The van der Waals surface area contributed by atoms with Crippen LogP contribution in [0.5, 0.6) is 0 Å². The van der Waals surface area contributed by atoms with Crippen molar-refractivity contribution in [2.75, 3.05) is 7.05 Å². The molecule has 1 rings (SSSR count). The van der Waals surface area contributed by atoms with Gasteiger partial charge in [0, 0.05) is 0 Å². The van der Waals surface area contributed by atoms with E-state index in [0.29, 0.717) is 5.56 Å². The molecule has 0 heterocycles. The lowest BCUT2D eigenvalue weighted by molar-refractivity contribution is -0.137. The second-order valence-electron chi connectivity index (χ2n) is 3.47. The van der Waals surface area contributed by atoms with Gasteiger partial charge in [-0.25, -0.2) is 10.6 Å². The van der Waals surface area contributed by atoms with Crippen molar-refractivity contribution in [3.8, 4) is 0 Å². The topological polar surface area (TPSA) is 75.4 Å². The molecule has 0 aliphatic rings. The second kappa shape index (κ2) is 5.22. The van der Waals surface area contributed by atoms with Gasteiger partial charge in [0.15, 0.2) is 0 Å². The molecule has 0 aromatic heterocycles. The van der Waals surface area contributed by atoms with Crippen LogP contribution in [0.4, 0.5) is 13.2 Å². The summed E-state index contributed by atoms with van der Waals surface area (Å²) in [6.45, 7) is -0.159. The van der Waals surface area contributed by atoms with Crippen LogP contribution in [0.25, 0.3) is 0 Å². The van der Waals surface area contributed by atoms with Gasteiger partial charge in [-0.3, -0.25) is 0 Å². The highest BCUT2D eigenvalue weighted by molar-refractivity contribution is 7.86. The molecule has 0 atom stereocenters. The van der Waals surface area contributed by atoms with E-state index in [1.165, 1.54) is 19.2 Å². The molecule has 18 heavy (non-hydrogen) atoms. The molecule has 5 nitrogen and oxygen atoms in total. The lowest BCUT2D eigenvalue weighted by Gasteiger charge is -2.18. The number of hydrazine groups is 1. The summed E-state index contributed by atoms with van der Waals surface area (Å²) >= 11 is 0. The summed E-state index contributed by atoms with van der Waals surface area (Å²) in [4.78, 5) is 0. The van der Waals surface area contributed by atoms with Crippen LogP contribution in [0.3, 0.4) is 0 Å². The fourth-order valence-corrected chi connectivity index (χ4v) is 1.84. The number of alkyl halides is 3. The molecule has 9 heteroatoms. The van der Waals surface area contributed by atoms with E-state index >= 15 is 0 Å². The zero-order valence-corrected chi connectivity index (χ0v) is 10.2. The van der Waals surface area contributed by atoms with Gasteiger partial charge in [-0.05, 0) is 24.7 Å². The van der Waals surface area contributed by atoms with E-state index in [1.807, 2.05) is 0 Å². The van der Waals surface area contributed by atoms with Crippen LogP contribution in [0, 0.1) is 0 Å². The molecule has 1 aromatic rings. The first-order valence-corrected chi connectivity index (χ1v) is 6.29. The highest BCUT2D eigenvalue weighted by atomic mass is 32.2. The van der Waals surface area contributed by atoms with Crippen molar-refractivity contribution in [1.82, 2.24) is 9.84 Å². The molecule has 0 bridgehead atoms. The predicted molar refractivity (Wildman–Crippen MR) is 59.2 cm³/mol. The Morgan fingerprint density at radius 3 is 2.11 bits per heavy atom. The summed E-state index contributed by atoms with van der Waals surface area (Å²) in [6, 6.07) is 4.15. The van der Waals surface area contributed by atoms with Crippen LogP contribution >= 0.6 is 0 Å². The summed E-state index contributed by atoms with van der Waals surface area (Å²) < 4.78 is 59.7. The van der Waals surface area contributed by atoms with Gasteiger partial charge in [-0.1, -0.05) is 12.1 Å². The summed E-state index contributed by atoms with van der Waals surface area (Å²) in [7, 11) is -2.61. The molecule has 102 valence electrons. The lowest BCUT2D eigenvalue weighted by Crippen LogP contribution is -2.43. The second-order valence-corrected chi connectivity index (χ2v) is 4.94. The van der Waals surface area contributed by atoms with Crippen molar-refractivity contribution in [2.24, 2.45) is 5.14 Å². The van der Waals surface area contributed by atoms with Gasteiger partial charge in [0.2, 0.25) is 0 Å².